The van der Waals surface area contributed by atoms with Gasteiger partial charge in [-0.05, 0) is 0 Å². The molecule has 2 amide bonds. The molecular weight excluding hydrogens is 194 g/mol. The molecule has 14 heavy (non-hydrogen) atoms. The number of carbonyl (C=O) groups is 4. The van der Waals surface area contributed by atoms with Crippen molar-refractivity contribution in [2.75, 3.05) is 0 Å². The van der Waals surface area contributed by atoms with Crippen molar-refractivity contribution in [3.8, 4) is 0 Å². The Hall–Kier alpha value is -2.18. The molecule has 0 saturated heterocycles. The van der Waals surface area contributed by atoms with E-state index in [-0.39, 0.29) is 4.90 Å². The van der Waals surface area contributed by atoms with Crippen molar-refractivity contribution in [2.24, 2.45) is 0 Å². The average Bonchev–Trinajstić information content (AvgIpc) is 2.34. The molecule has 74 valence electrons. The Morgan fingerprint density at radius 2 is 1.43 bits per heavy atom. The van der Waals surface area contributed by atoms with Gasteiger partial charge in [0, 0.05) is 12.2 Å². The van der Waals surface area contributed by atoms with E-state index in [2.05, 4.69) is 0 Å². The predicted molar refractivity (Wildman–Crippen MR) is 40.1 cm³/mol. The fraction of sp³-hybridized carbons (Fsp3) is 0.143. The number of hydrogen-bond acceptors (Lipinski definition) is 4. The van der Waals surface area contributed by atoms with Crippen molar-refractivity contribution >= 4 is 23.8 Å². The molecule has 2 N–H and O–H groups in total. The zero-order chi connectivity index (χ0) is 10.9. The Morgan fingerprint density at radius 3 is 1.71 bits per heavy atom. The lowest BCUT2D eigenvalue weighted by atomic mass is 10.2. The summed E-state index contributed by atoms with van der Waals surface area (Å²) in [6, 6.07) is -2.16. The minimum absolute atomic E-state index is 0.171. The van der Waals surface area contributed by atoms with Crippen LogP contribution >= 0.6 is 0 Å². The molecular formula is C7H5NO6. The zero-order valence-electron chi connectivity index (χ0n) is 6.71. The molecule has 0 saturated carbocycles. The Labute approximate surface area is 77.2 Å². The number of carboxylic acid groups (broad SMARTS) is 2. The summed E-state index contributed by atoms with van der Waals surface area (Å²) in [4.78, 5) is 43.0. The van der Waals surface area contributed by atoms with Crippen molar-refractivity contribution < 1.29 is 29.4 Å². The van der Waals surface area contributed by atoms with E-state index in [0.29, 0.717) is 0 Å². The van der Waals surface area contributed by atoms with Gasteiger partial charge in [-0.25, -0.2) is 9.59 Å². The van der Waals surface area contributed by atoms with Crippen molar-refractivity contribution in [1.82, 2.24) is 4.90 Å². The van der Waals surface area contributed by atoms with Gasteiger partial charge in [0.25, 0.3) is 11.8 Å². The quantitative estimate of drug-likeness (QED) is 0.420. The van der Waals surface area contributed by atoms with Gasteiger partial charge in [-0.3, -0.25) is 14.5 Å². The van der Waals surface area contributed by atoms with E-state index in [1.165, 1.54) is 0 Å². The topological polar surface area (TPSA) is 112 Å². The van der Waals surface area contributed by atoms with E-state index in [4.69, 9.17) is 10.2 Å². The summed E-state index contributed by atoms with van der Waals surface area (Å²) in [5, 5.41) is 17.0. The van der Waals surface area contributed by atoms with Crippen LogP contribution < -0.4 is 0 Å². The van der Waals surface area contributed by atoms with Gasteiger partial charge in [-0.15, -0.1) is 0 Å². The highest BCUT2D eigenvalue weighted by Gasteiger charge is 2.40. The van der Waals surface area contributed by atoms with Crippen LogP contribution in [0.15, 0.2) is 12.2 Å². The summed E-state index contributed by atoms with van der Waals surface area (Å²) >= 11 is 0. The first-order valence-corrected chi connectivity index (χ1v) is 3.46. The van der Waals surface area contributed by atoms with Gasteiger partial charge in [0.1, 0.15) is 0 Å². The molecule has 0 aromatic carbocycles. The van der Waals surface area contributed by atoms with Gasteiger partial charge in [-0.2, -0.15) is 0 Å². The highest BCUT2D eigenvalue weighted by atomic mass is 16.4. The molecule has 0 unspecified atom stereocenters. The van der Waals surface area contributed by atoms with E-state index < -0.39 is 29.8 Å². The third-order valence-electron chi connectivity index (χ3n) is 1.57. The maximum Gasteiger partial charge on any atom is 0.338 e. The summed E-state index contributed by atoms with van der Waals surface area (Å²) in [5.41, 5.74) is 0. The maximum atomic E-state index is 10.9. The molecule has 0 fully saturated rings. The van der Waals surface area contributed by atoms with E-state index in [9.17, 15) is 19.2 Å². The molecule has 7 nitrogen and oxygen atoms in total. The molecule has 1 rings (SSSR count). The number of imide groups is 1. The third-order valence-corrected chi connectivity index (χ3v) is 1.57. The minimum atomic E-state index is -2.16. The zero-order valence-corrected chi connectivity index (χ0v) is 6.71. The van der Waals surface area contributed by atoms with E-state index >= 15 is 0 Å². The third kappa shape index (κ3) is 1.47. The minimum Gasteiger partial charge on any atom is -0.479 e. The summed E-state index contributed by atoms with van der Waals surface area (Å²) < 4.78 is 0. The number of nitrogens with zero attached hydrogens (tertiary/aromatic N) is 1. The van der Waals surface area contributed by atoms with Crippen molar-refractivity contribution in [2.45, 2.75) is 6.04 Å². The monoisotopic (exact) mass is 199 g/mol. The first-order chi connectivity index (χ1) is 6.45. The molecule has 0 aliphatic carbocycles. The lowest BCUT2D eigenvalue weighted by Crippen LogP contribution is -2.49. The summed E-state index contributed by atoms with van der Waals surface area (Å²) in [6.07, 6.45) is 1.64. The second-order valence-corrected chi connectivity index (χ2v) is 2.46. The molecule has 0 radical (unpaired) electrons. The Bertz CT molecular complexity index is 325. The van der Waals surface area contributed by atoms with Crippen LogP contribution in [-0.2, 0) is 19.2 Å². The molecule has 1 aliphatic heterocycles. The molecule has 0 bridgehead atoms. The summed E-state index contributed by atoms with van der Waals surface area (Å²) in [7, 11) is 0. The number of aliphatic carboxylic acids is 2. The fourth-order valence-electron chi connectivity index (χ4n) is 0.993. The van der Waals surface area contributed by atoms with Crippen LogP contribution in [0.5, 0.6) is 0 Å². The SMILES string of the molecule is O=C(O)C(C(=O)O)N1C(=O)C=CC1=O. The van der Waals surface area contributed by atoms with Crippen molar-refractivity contribution in [3.63, 3.8) is 0 Å². The van der Waals surface area contributed by atoms with Crippen LogP contribution in [0.2, 0.25) is 0 Å². The van der Waals surface area contributed by atoms with E-state index in [1.807, 2.05) is 0 Å². The molecule has 0 aromatic heterocycles. The second kappa shape index (κ2) is 3.29. The first-order valence-electron chi connectivity index (χ1n) is 3.46. The number of hydrogen-bond donors (Lipinski definition) is 2. The van der Waals surface area contributed by atoms with Crippen LogP contribution in [0, 0.1) is 0 Å². The van der Waals surface area contributed by atoms with E-state index in [1.54, 1.807) is 0 Å². The lowest BCUT2D eigenvalue weighted by Gasteiger charge is -2.17. The lowest BCUT2D eigenvalue weighted by molar-refractivity contribution is -0.163. The molecule has 1 heterocycles. The fourth-order valence-corrected chi connectivity index (χ4v) is 0.993. The van der Waals surface area contributed by atoms with Gasteiger partial charge < -0.3 is 10.2 Å². The molecule has 7 heteroatoms. The van der Waals surface area contributed by atoms with E-state index in [0.717, 1.165) is 12.2 Å². The average molecular weight is 199 g/mol. The van der Waals surface area contributed by atoms with Crippen LogP contribution in [0.3, 0.4) is 0 Å². The van der Waals surface area contributed by atoms with Gasteiger partial charge in [0.15, 0.2) is 0 Å². The smallest absolute Gasteiger partial charge is 0.338 e. The second-order valence-electron chi connectivity index (χ2n) is 2.46. The van der Waals surface area contributed by atoms with Crippen molar-refractivity contribution in [1.29, 1.82) is 0 Å². The largest absolute Gasteiger partial charge is 0.479 e. The maximum absolute atomic E-state index is 10.9. The normalized spacial score (nSPS) is 15.4. The van der Waals surface area contributed by atoms with Crippen LogP contribution in [0.25, 0.3) is 0 Å². The van der Waals surface area contributed by atoms with Gasteiger partial charge in [0.2, 0.25) is 6.04 Å². The summed E-state index contributed by atoms with van der Waals surface area (Å²) in [5.74, 6) is -5.40. The predicted octanol–water partition coefficient (Wildman–Crippen LogP) is -1.55. The number of amides is 2. The first kappa shape index (κ1) is 9.90. The summed E-state index contributed by atoms with van der Waals surface area (Å²) in [6.45, 7) is 0. The molecule has 0 aromatic rings. The molecule has 0 spiro atoms. The van der Waals surface area contributed by atoms with Crippen LogP contribution in [0.1, 0.15) is 0 Å². The molecule has 1 aliphatic rings. The Balaban J connectivity index is 3.01. The number of rotatable bonds is 3. The number of carboxylic acids is 2. The highest BCUT2D eigenvalue weighted by Crippen LogP contribution is 2.09. The van der Waals surface area contributed by atoms with Crippen LogP contribution in [-0.4, -0.2) is 44.9 Å². The Morgan fingerprint density at radius 1 is 1.07 bits per heavy atom. The van der Waals surface area contributed by atoms with Crippen LogP contribution in [0.4, 0.5) is 0 Å². The van der Waals surface area contributed by atoms with Gasteiger partial charge in [-0.1, -0.05) is 0 Å². The highest BCUT2D eigenvalue weighted by molar-refractivity contribution is 6.18. The van der Waals surface area contributed by atoms with Crippen molar-refractivity contribution in [3.05, 3.63) is 12.2 Å². The standard InChI is InChI=1S/C7H5NO6/c9-3-1-2-4(10)8(3)5(6(11)12)7(13)14/h1-2,5H,(H,11,12)(H,13,14). The Kier molecular flexibility index (Phi) is 2.32. The number of carbonyl (C=O) groups excluding carboxylic acids is 2. The van der Waals surface area contributed by atoms with Gasteiger partial charge in [0.05, 0.1) is 0 Å². The van der Waals surface area contributed by atoms with Gasteiger partial charge >= 0.3 is 11.9 Å². The molecule has 0 atom stereocenters.